The Labute approximate surface area is 569 Å². The molecule has 0 unspecified atom stereocenters. The maximum atomic E-state index is 12.6. The number of nitrogens with zero attached hydrogens (tertiary/aromatic N) is 6. The summed E-state index contributed by atoms with van der Waals surface area (Å²) in [5, 5.41) is 22.4. The zero-order chi connectivity index (χ0) is 66.4. The van der Waals surface area contributed by atoms with Crippen molar-refractivity contribution in [1.29, 1.82) is 5.26 Å². The maximum absolute atomic E-state index is 12.6. The zero-order valence-electron chi connectivity index (χ0n) is 56.1. The highest BCUT2D eigenvalue weighted by molar-refractivity contribution is 6.15. The molecule has 0 atom stereocenters. The minimum Gasteiger partial charge on any atom is -0.309 e. The van der Waals surface area contributed by atoms with Gasteiger partial charge in [-0.1, -0.05) is 142 Å². The average Bonchev–Trinajstić information content (AvgIpc) is 1.11. The lowest BCUT2D eigenvalue weighted by Gasteiger charge is -2.26. The van der Waals surface area contributed by atoms with E-state index in [0.29, 0.717) is 5.56 Å². The van der Waals surface area contributed by atoms with Crippen LogP contribution < -0.4 is 0 Å². The fraction of sp³-hybridized carbons (Fsp3) is 0.0870. The summed E-state index contributed by atoms with van der Waals surface area (Å²) >= 11 is 0. The molecule has 98 heavy (non-hydrogen) atoms. The van der Waals surface area contributed by atoms with E-state index in [-0.39, 0.29) is 0 Å². The van der Waals surface area contributed by atoms with Crippen molar-refractivity contribution in [2.75, 3.05) is 0 Å². The van der Waals surface area contributed by atoms with Crippen molar-refractivity contribution in [2.24, 2.45) is 0 Å². The van der Waals surface area contributed by atoms with Gasteiger partial charge in [0.1, 0.15) is 6.07 Å². The molecule has 0 aliphatic rings. The van der Waals surface area contributed by atoms with Gasteiger partial charge in [-0.25, -0.2) is 0 Å². The van der Waals surface area contributed by atoms with Gasteiger partial charge in [0.15, 0.2) is 0 Å². The van der Waals surface area contributed by atoms with Gasteiger partial charge in [-0.15, -0.1) is 0 Å². The van der Waals surface area contributed by atoms with Gasteiger partial charge in [0.05, 0.1) is 49.7 Å². The molecular formula is C92H68N6. The molecule has 0 spiro atoms. The van der Waals surface area contributed by atoms with Crippen molar-refractivity contribution in [3.8, 4) is 84.5 Å². The van der Waals surface area contributed by atoms with Gasteiger partial charge < -0.3 is 18.3 Å². The van der Waals surface area contributed by atoms with Crippen LogP contribution in [0.3, 0.4) is 0 Å². The summed E-state index contributed by atoms with van der Waals surface area (Å²) < 4.78 is 9.57. The molecule has 0 bridgehead atoms. The first-order chi connectivity index (χ1) is 47.8. The Kier molecular flexibility index (Phi) is 13.3. The van der Waals surface area contributed by atoms with Crippen LogP contribution in [0.2, 0.25) is 0 Å². The summed E-state index contributed by atoms with van der Waals surface area (Å²) in [5.41, 5.74) is 33.1. The van der Waals surface area contributed by atoms with Crippen LogP contribution in [0.5, 0.6) is 0 Å². The SMILES string of the molecule is Cc1ccc2c(c1)c1cc(C)ccc1n2-c1ccc(-c2c(C#N)c(-c3ccc(-n4c5ccc(C)cc5c5cc(C)ccc54)cc3)c(-c3ccc(-n4c5ccc(C)cc5c5cc(C)ccc54)cc3)c(-c3ccncc3)c2-c2ccc(-n3c4ccc(C)cc4c4cc(C)ccc43)cc2)cc1. The zero-order valence-corrected chi connectivity index (χ0v) is 56.1. The molecule has 6 heteroatoms. The van der Waals surface area contributed by atoms with Crippen LogP contribution in [0, 0.1) is 66.7 Å². The number of aromatic nitrogens is 5. The number of hydrogen-bond acceptors (Lipinski definition) is 2. The fourth-order valence-electron chi connectivity index (χ4n) is 16.0. The van der Waals surface area contributed by atoms with Crippen molar-refractivity contribution in [1.82, 2.24) is 23.3 Å². The van der Waals surface area contributed by atoms with E-state index in [1.54, 1.807) is 0 Å². The smallest absolute Gasteiger partial charge is 0.100 e. The van der Waals surface area contributed by atoms with Crippen LogP contribution in [0.4, 0.5) is 0 Å². The van der Waals surface area contributed by atoms with E-state index in [9.17, 15) is 5.26 Å². The fourth-order valence-corrected chi connectivity index (χ4v) is 16.0. The number of rotatable bonds is 9. The van der Waals surface area contributed by atoms with Crippen LogP contribution >= 0.6 is 0 Å². The van der Waals surface area contributed by atoms with Gasteiger partial charge in [0.25, 0.3) is 0 Å². The Morgan fingerprint density at radius 3 is 0.612 bits per heavy atom. The number of benzene rings is 13. The molecule has 6 nitrogen and oxygen atoms in total. The van der Waals surface area contributed by atoms with Crippen molar-refractivity contribution in [3.05, 3.63) is 317 Å². The molecule has 0 fully saturated rings. The molecule has 13 aromatic carbocycles. The predicted octanol–water partition coefficient (Wildman–Crippen LogP) is 24.1. The molecule has 0 radical (unpaired) electrons. The van der Waals surface area contributed by atoms with Gasteiger partial charge in [-0.3, -0.25) is 4.98 Å². The maximum Gasteiger partial charge on any atom is 0.100 e. The third kappa shape index (κ3) is 9.18. The van der Waals surface area contributed by atoms with Crippen LogP contribution in [-0.2, 0) is 0 Å². The Bertz CT molecular complexity index is 5800. The van der Waals surface area contributed by atoms with E-state index in [1.807, 2.05) is 12.4 Å². The molecule has 0 saturated carbocycles. The molecule has 0 aliphatic carbocycles. The van der Waals surface area contributed by atoms with Gasteiger partial charge >= 0.3 is 0 Å². The number of fused-ring (bicyclic) bond motifs is 12. The van der Waals surface area contributed by atoms with Gasteiger partial charge in [-0.05, 0) is 258 Å². The minimum atomic E-state index is 0.577. The quantitative estimate of drug-likeness (QED) is 0.145. The molecule has 18 aromatic rings. The Morgan fingerprint density at radius 1 is 0.224 bits per heavy atom. The lowest BCUT2D eigenvalue weighted by molar-refractivity contribution is 1.18. The molecule has 0 amide bonds. The first-order valence-electron chi connectivity index (χ1n) is 33.9. The topological polar surface area (TPSA) is 56.4 Å². The normalized spacial score (nSPS) is 11.9. The van der Waals surface area contributed by atoms with Crippen molar-refractivity contribution < 1.29 is 0 Å². The first-order valence-corrected chi connectivity index (χ1v) is 33.9. The molecule has 0 saturated heterocycles. The number of hydrogen-bond donors (Lipinski definition) is 0. The van der Waals surface area contributed by atoms with Crippen molar-refractivity contribution in [3.63, 3.8) is 0 Å². The van der Waals surface area contributed by atoms with E-state index < -0.39 is 0 Å². The van der Waals surface area contributed by atoms with E-state index in [0.717, 1.165) is 123 Å². The van der Waals surface area contributed by atoms with Gasteiger partial charge in [-0.2, -0.15) is 5.26 Å². The van der Waals surface area contributed by atoms with E-state index >= 15 is 0 Å². The standard InChI is InChI=1S/C92H68N6/c1-54-9-33-80-71(45-54)72-46-55(2)10-34-81(72)95(80)67-25-17-62(18-26-67)88-79(53-93)89(63-19-27-68(28-20-63)96-82-35-11-56(3)47-73(82)74-48-57(4)12-36-83(74)96)91(65-23-31-70(32-24-65)98-86-39-15-60(7)51-77(86)78-52-61(8)16-40-87(78)98)92(66-41-43-94-44-42-66)90(88)64-21-29-69(30-22-64)97-84-37-13-58(5)49-75(84)76-50-59(6)14-38-85(76)97/h9-52H,1-8H3. The largest absolute Gasteiger partial charge is 0.309 e. The third-order valence-corrected chi connectivity index (χ3v) is 20.5. The van der Waals surface area contributed by atoms with Gasteiger partial charge in [0, 0.05) is 89.4 Å². The van der Waals surface area contributed by atoms with Gasteiger partial charge in [0.2, 0.25) is 0 Å². The van der Waals surface area contributed by atoms with Crippen LogP contribution in [0.25, 0.3) is 166 Å². The summed E-state index contributed by atoms with van der Waals surface area (Å²) in [5.74, 6) is 0. The minimum absolute atomic E-state index is 0.577. The first kappa shape index (κ1) is 58.3. The van der Waals surface area contributed by atoms with E-state index in [2.05, 4.69) is 339 Å². The van der Waals surface area contributed by atoms with E-state index in [4.69, 9.17) is 0 Å². The summed E-state index contributed by atoms with van der Waals surface area (Å²) in [4.78, 5) is 4.68. The molecule has 0 N–H and O–H groups in total. The second-order valence-corrected chi connectivity index (χ2v) is 27.3. The molecule has 0 aliphatic heterocycles. The molecular weight excluding hydrogens is 1190 g/mol. The Balaban J connectivity index is 0.929. The lowest BCUT2D eigenvalue weighted by atomic mass is 9.76. The highest BCUT2D eigenvalue weighted by Crippen LogP contribution is 2.54. The molecule has 466 valence electrons. The number of pyridine rings is 1. The number of nitriles is 1. The average molecular weight is 1260 g/mol. The highest BCUT2D eigenvalue weighted by atomic mass is 15.0. The molecule has 18 rings (SSSR count). The summed E-state index contributed by atoms with van der Waals surface area (Å²) in [6.07, 6.45) is 3.80. The lowest BCUT2D eigenvalue weighted by Crippen LogP contribution is -2.03. The number of aryl methyl sites for hydroxylation is 8. The van der Waals surface area contributed by atoms with E-state index in [1.165, 1.54) is 87.6 Å². The Morgan fingerprint density at radius 2 is 0.408 bits per heavy atom. The Hall–Kier alpha value is -12.3. The monoisotopic (exact) mass is 1260 g/mol. The highest BCUT2D eigenvalue weighted by Gasteiger charge is 2.30. The summed E-state index contributed by atoms with van der Waals surface area (Å²) in [6.45, 7) is 17.4. The van der Waals surface area contributed by atoms with Crippen molar-refractivity contribution in [2.45, 2.75) is 55.4 Å². The molecule has 5 heterocycles. The summed E-state index contributed by atoms with van der Waals surface area (Å²) in [6, 6.07) is 97.6. The van der Waals surface area contributed by atoms with Crippen LogP contribution in [-0.4, -0.2) is 23.3 Å². The van der Waals surface area contributed by atoms with Crippen LogP contribution in [0.15, 0.2) is 267 Å². The second-order valence-electron chi connectivity index (χ2n) is 27.3. The van der Waals surface area contributed by atoms with Crippen LogP contribution in [0.1, 0.15) is 50.1 Å². The van der Waals surface area contributed by atoms with Crippen molar-refractivity contribution >= 4 is 87.2 Å². The predicted molar refractivity (Wildman–Crippen MR) is 411 cm³/mol. The summed E-state index contributed by atoms with van der Waals surface area (Å²) in [7, 11) is 0. The second kappa shape index (κ2) is 22.4. The third-order valence-electron chi connectivity index (χ3n) is 20.5. The molecule has 5 aromatic heterocycles.